The number of nitrogens with one attached hydrogen (secondary N) is 2. The Morgan fingerprint density at radius 2 is 1.55 bits per heavy atom. The monoisotopic (exact) mass is 633 g/mol. The molecule has 0 saturated heterocycles. The summed E-state index contributed by atoms with van der Waals surface area (Å²) in [6, 6.07) is 6.12. The third kappa shape index (κ3) is 5.28. The van der Waals surface area contributed by atoms with Gasteiger partial charge in [-0.3, -0.25) is 9.36 Å². The van der Waals surface area contributed by atoms with Crippen LogP contribution < -0.4 is 10.8 Å². The van der Waals surface area contributed by atoms with E-state index in [4.69, 9.17) is 9.97 Å². The van der Waals surface area contributed by atoms with Gasteiger partial charge in [0.15, 0.2) is 0 Å². The van der Waals surface area contributed by atoms with Crippen LogP contribution in [0.15, 0.2) is 23.0 Å². The zero-order chi connectivity index (χ0) is 33.7. The molecule has 1 aliphatic rings. The molecule has 5 aromatic heterocycles. The number of hydrogen-bond acceptors (Lipinski definition) is 5. The van der Waals surface area contributed by atoms with E-state index in [0.717, 1.165) is 111 Å². The Morgan fingerprint density at radius 1 is 0.830 bits per heavy atom. The number of H-pyrrole nitrogens is 2. The first-order valence-electron chi connectivity index (χ1n) is 17.1. The first kappa shape index (κ1) is 32.4. The quantitative estimate of drug-likeness (QED) is 0.127. The van der Waals surface area contributed by atoms with Crippen LogP contribution in [0.3, 0.4) is 0 Å². The molecule has 0 atom stereocenters. The van der Waals surface area contributed by atoms with Gasteiger partial charge >= 0.3 is 0 Å². The number of fused-ring (bicyclic) bond motifs is 8. The number of aromatic amines is 2. The number of unbranched alkanes of at least 4 members (excludes halogenated alkanes) is 3. The molecular formula is C39H47N5O3. The molecule has 5 aromatic rings. The van der Waals surface area contributed by atoms with Crippen LogP contribution in [0.4, 0.5) is 0 Å². The Morgan fingerprint density at radius 3 is 2.23 bits per heavy atom. The summed E-state index contributed by atoms with van der Waals surface area (Å²) in [5, 5.41) is 24.7. The van der Waals surface area contributed by atoms with Crippen molar-refractivity contribution in [2.24, 2.45) is 0 Å². The van der Waals surface area contributed by atoms with Crippen LogP contribution in [0.25, 0.3) is 60.8 Å². The largest absolute Gasteiger partial charge is 0.512 e. The summed E-state index contributed by atoms with van der Waals surface area (Å²) in [4.78, 5) is 31.7. The van der Waals surface area contributed by atoms with Crippen molar-refractivity contribution in [2.45, 2.75) is 107 Å². The van der Waals surface area contributed by atoms with Crippen LogP contribution in [-0.4, -0.2) is 34.7 Å². The fourth-order valence-corrected chi connectivity index (χ4v) is 7.43. The fourth-order valence-electron chi connectivity index (χ4n) is 7.43. The van der Waals surface area contributed by atoms with Crippen LogP contribution in [0.5, 0.6) is 5.88 Å². The van der Waals surface area contributed by atoms with Crippen LogP contribution in [0.1, 0.15) is 107 Å². The smallest absolute Gasteiger partial charge is 0.263 e. The Bertz CT molecular complexity index is 2330. The molecule has 4 N–H and O–H groups in total. The molecule has 0 unspecified atom stereocenters. The van der Waals surface area contributed by atoms with Gasteiger partial charge in [-0.05, 0) is 105 Å². The highest BCUT2D eigenvalue weighted by atomic mass is 16.3. The molecule has 6 rings (SSSR count). The lowest BCUT2D eigenvalue weighted by atomic mass is 9.99. The maximum atomic E-state index is 14.2. The van der Waals surface area contributed by atoms with E-state index < -0.39 is 0 Å². The second-order valence-corrected chi connectivity index (χ2v) is 13.1. The van der Waals surface area contributed by atoms with Gasteiger partial charge in [0.2, 0.25) is 5.88 Å². The van der Waals surface area contributed by atoms with Crippen molar-refractivity contribution in [3.63, 3.8) is 0 Å². The molecule has 0 amide bonds. The molecule has 0 fully saturated rings. The van der Waals surface area contributed by atoms with Crippen LogP contribution >= 0.6 is 0 Å². The molecular weight excluding hydrogens is 586 g/mol. The molecule has 8 heteroatoms. The second-order valence-electron chi connectivity index (χ2n) is 13.1. The van der Waals surface area contributed by atoms with Crippen molar-refractivity contribution in [2.75, 3.05) is 0 Å². The predicted molar refractivity (Wildman–Crippen MR) is 195 cm³/mol. The van der Waals surface area contributed by atoms with E-state index in [1.54, 1.807) is 11.5 Å². The van der Waals surface area contributed by atoms with Crippen molar-refractivity contribution < 1.29 is 10.2 Å². The molecule has 246 valence electrons. The predicted octanol–water partition coefficient (Wildman–Crippen LogP) is 8.82. The van der Waals surface area contributed by atoms with Gasteiger partial charge in [-0.25, -0.2) is 9.97 Å². The van der Waals surface area contributed by atoms with Crippen molar-refractivity contribution in [1.82, 2.24) is 24.5 Å². The van der Waals surface area contributed by atoms with Gasteiger partial charge in [-0.2, -0.15) is 0 Å². The summed E-state index contributed by atoms with van der Waals surface area (Å²) in [5.74, 6) is 0.171. The maximum absolute atomic E-state index is 14.2. The van der Waals surface area contributed by atoms with E-state index in [1.165, 1.54) is 0 Å². The van der Waals surface area contributed by atoms with Crippen LogP contribution in [0.2, 0.25) is 0 Å². The minimum absolute atomic E-state index is 0.0708. The van der Waals surface area contributed by atoms with E-state index in [0.29, 0.717) is 34.0 Å². The van der Waals surface area contributed by atoms with Crippen molar-refractivity contribution >= 4 is 60.8 Å². The number of aromatic nitrogens is 5. The summed E-state index contributed by atoms with van der Waals surface area (Å²) in [5.41, 5.74) is 12.0. The van der Waals surface area contributed by atoms with Crippen molar-refractivity contribution in [3.8, 4) is 5.88 Å². The zero-order valence-corrected chi connectivity index (χ0v) is 29.0. The van der Waals surface area contributed by atoms with Gasteiger partial charge in [-0.15, -0.1) is 0 Å². The first-order valence-corrected chi connectivity index (χ1v) is 17.1. The molecule has 8 nitrogen and oxygen atoms in total. The molecule has 1 aliphatic heterocycles. The molecule has 8 bridgehead atoms. The van der Waals surface area contributed by atoms with Gasteiger partial charge in [0.1, 0.15) is 0 Å². The van der Waals surface area contributed by atoms with Crippen LogP contribution in [0, 0.1) is 20.8 Å². The second kappa shape index (κ2) is 12.5. The maximum Gasteiger partial charge on any atom is 0.263 e. The summed E-state index contributed by atoms with van der Waals surface area (Å²) >= 11 is 0. The Balaban J connectivity index is 1.89. The SMILES string of the molecule is CCCCCCn1c(O)c2c3nc(cc4[nH]c(cc5[nH]c(cc6nc2c(c6C)c1=O)c(CC)c5C)c(=C(C)O)c4C)C(C)=C3CCC. The highest BCUT2D eigenvalue weighted by Gasteiger charge is 2.26. The van der Waals surface area contributed by atoms with Crippen molar-refractivity contribution in [1.29, 1.82) is 0 Å². The third-order valence-electron chi connectivity index (χ3n) is 10.1. The Labute approximate surface area is 275 Å². The third-order valence-corrected chi connectivity index (χ3v) is 10.1. The summed E-state index contributed by atoms with van der Waals surface area (Å²) in [6.07, 6.45) is 6.40. The molecule has 0 aromatic carbocycles. The summed E-state index contributed by atoms with van der Waals surface area (Å²) in [7, 11) is 0. The molecule has 0 radical (unpaired) electrons. The van der Waals surface area contributed by atoms with Crippen LogP contribution in [-0.2, 0) is 13.0 Å². The van der Waals surface area contributed by atoms with Gasteiger partial charge < -0.3 is 20.2 Å². The van der Waals surface area contributed by atoms with E-state index >= 15 is 0 Å². The number of aryl methyl sites for hydroxylation is 4. The van der Waals surface area contributed by atoms with E-state index in [2.05, 4.69) is 50.7 Å². The average Bonchev–Trinajstić information content (AvgIpc) is 3.71. The number of nitrogens with zero attached hydrogens (tertiary/aromatic N) is 3. The average molecular weight is 634 g/mol. The number of pyridine rings is 1. The van der Waals surface area contributed by atoms with Gasteiger partial charge in [-0.1, -0.05) is 46.5 Å². The van der Waals surface area contributed by atoms with Gasteiger partial charge in [0, 0.05) is 28.3 Å². The summed E-state index contributed by atoms with van der Waals surface area (Å²) in [6.45, 7) is 16.7. The number of aliphatic hydroxyl groups excluding tert-OH is 1. The fraction of sp³-hybridized carbons (Fsp3) is 0.410. The molecule has 0 spiro atoms. The number of hydrogen-bond donors (Lipinski definition) is 4. The number of rotatable bonds is 8. The van der Waals surface area contributed by atoms with Crippen molar-refractivity contribution in [3.05, 3.63) is 67.4 Å². The van der Waals surface area contributed by atoms with Gasteiger partial charge in [0.25, 0.3) is 5.56 Å². The normalized spacial score (nSPS) is 13.4. The Kier molecular flexibility index (Phi) is 8.64. The lowest BCUT2D eigenvalue weighted by Gasteiger charge is -2.13. The van der Waals surface area contributed by atoms with E-state index in [9.17, 15) is 15.0 Å². The lowest BCUT2D eigenvalue weighted by molar-refractivity contribution is 0.407. The van der Waals surface area contributed by atoms with E-state index in [1.807, 2.05) is 26.0 Å². The molecule has 47 heavy (non-hydrogen) atoms. The standard InChI is InChI=1S/C39H47N5O3/c1-9-12-13-14-16-44-38(46)34-23(7)30-18-31-25(11-3)20(4)27(40-31)19-32-33(24(8)45)22(6)29(41-32)17-28-21(5)26(15-10-2)36(42-28)35(39(44)47)37(34)43-30/h17-19,40-41,45,47H,9-16H2,1-8H3. The molecule has 0 saturated carbocycles. The number of aromatic hydroxyl groups is 1. The summed E-state index contributed by atoms with van der Waals surface area (Å²) < 4.78 is 1.54. The topological polar surface area (TPSA) is 120 Å². The Hall–Kier alpha value is -4.59. The molecule has 0 aliphatic carbocycles. The minimum atomic E-state index is -0.211. The highest BCUT2D eigenvalue weighted by Crippen LogP contribution is 2.40. The van der Waals surface area contributed by atoms with Gasteiger partial charge in [0.05, 0.1) is 44.5 Å². The number of aliphatic hydroxyl groups is 1. The lowest BCUT2D eigenvalue weighted by Crippen LogP contribution is -2.21. The minimum Gasteiger partial charge on any atom is -0.512 e. The zero-order valence-electron chi connectivity index (χ0n) is 29.0. The highest BCUT2D eigenvalue weighted by molar-refractivity contribution is 6.09. The number of allylic oxidation sites excluding steroid dienone is 2. The molecule has 6 heterocycles. The van der Waals surface area contributed by atoms with E-state index in [-0.39, 0.29) is 17.2 Å². The first-order chi connectivity index (χ1) is 22.5.